The number of hydrogen-bond acceptors (Lipinski definition) is 4. The largest absolute Gasteiger partial charge is 0.443 e. The Morgan fingerprint density at radius 3 is 3.12 bits per heavy atom. The molecule has 1 unspecified atom stereocenters. The third-order valence-electron chi connectivity index (χ3n) is 2.99. The minimum Gasteiger partial charge on any atom is -0.443 e. The van der Waals surface area contributed by atoms with E-state index in [1.807, 2.05) is 18.2 Å². The van der Waals surface area contributed by atoms with E-state index in [2.05, 4.69) is 17.2 Å². The van der Waals surface area contributed by atoms with Crippen molar-refractivity contribution in [1.82, 2.24) is 10.3 Å². The summed E-state index contributed by atoms with van der Waals surface area (Å²) in [6.07, 6.45) is 2.45. The van der Waals surface area contributed by atoms with Crippen LogP contribution >= 0.6 is 0 Å². The van der Waals surface area contributed by atoms with Crippen LogP contribution in [0.15, 0.2) is 29.0 Å². The summed E-state index contributed by atoms with van der Waals surface area (Å²) < 4.78 is 5.25. The lowest BCUT2D eigenvalue weighted by molar-refractivity contribution is 0.218. The van der Waals surface area contributed by atoms with Gasteiger partial charge in [0.05, 0.1) is 0 Å². The second kappa shape index (κ2) is 5.80. The summed E-state index contributed by atoms with van der Waals surface area (Å²) in [5, 5.41) is 12.4. The Morgan fingerprint density at radius 2 is 2.35 bits per heavy atom. The summed E-state index contributed by atoms with van der Waals surface area (Å²) in [7, 11) is 0. The normalized spacial score (nSPS) is 13.1. The van der Waals surface area contributed by atoms with E-state index in [4.69, 9.17) is 9.52 Å². The first kappa shape index (κ1) is 12.1. The number of oxazole rings is 1. The maximum Gasteiger partial charge on any atom is 0.181 e. The molecule has 0 radical (unpaired) electrons. The van der Waals surface area contributed by atoms with Crippen LogP contribution in [0.1, 0.15) is 18.9 Å². The fourth-order valence-electron chi connectivity index (χ4n) is 1.77. The fourth-order valence-corrected chi connectivity index (χ4v) is 1.77. The van der Waals surface area contributed by atoms with Gasteiger partial charge >= 0.3 is 0 Å². The Bertz CT molecular complexity index is 463. The summed E-state index contributed by atoms with van der Waals surface area (Å²) in [6.45, 7) is 3.95. The van der Waals surface area contributed by atoms with Crippen molar-refractivity contribution in [1.29, 1.82) is 0 Å². The Morgan fingerprint density at radius 1 is 1.47 bits per heavy atom. The highest BCUT2D eigenvalue weighted by Gasteiger charge is 2.04. The van der Waals surface area contributed by atoms with Crippen molar-refractivity contribution in [3.8, 4) is 0 Å². The lowest BCUT2D eigenvalue weighted by Gasteiger charge is -2.12. The van der Waals surface area contributed by atoms with Gasteiger partial charge in [0, 0.05) is 19.7 Å². The number of nitrogens with one attached hydrogen (secondary N) is 1. The zero-order valence-corrected chi connectivity index (χ0v) is 10.0. The SMILES string of the molecule is CCC(CO)CNCc1ccc2ncoc2c1. The molecule has 2 N–H and O–H groups in total. The molecule has 0 aliphatic carbocycles. The highest BCUT2D eigenvalue weighted by atomic mass is 16.3. The number of benzene rings is 1. The number of rotatable bonds is 6. The number of aromatic nitrogens is 1. The summed E-state index contributed by atoms with van der Waals surface area (Å²) in [5.41, 5.74) is 2.87. The standard InChI is InChI=1S/C13H18N2O2/c1-2-10(8-16)6-14-7-11-3-4-12-13(5-11)17-9-15-12/h3-5,9-10,14,16H,2,6-8H2,1H3. The van der Waals surface area contributed by atoms with Crippen LogP contribution in [-0.2, 0) is 6.54 Å². The van der Waals surface area contributed by atoms with Gasteiger partial charge in [0.25, 0.3) is 0 Å². The highest BCUT2D eigenvalue weighted by Crippen LogP contribution is 2.14. The number of hydrogen-bond donors (Lipinski definition) is 2. The monoisotopic (exact) mass is 234 g/mol. The van der Waals surface area contributed by atoms with Gasteiger partial charge in [-0.25, -0.2) is 4.98 Å². The van der Waals surface area contributed by atoms with Gasteiger partial charge < -0.3 is 14.8 Å². The zero-order chi connectivity index (χ0) is 12.1. The molecule has 2 aromatic rings. The van der Waals surface area contributed by atoms with E-state index in [0.717, 1.165) is 30.6 Å². The summed E-state index contributed by atoms with van der Waals surface area (Å²) in [5.74, 6) is 0.337. The molecule has 0 saturated carbocycles. The van der Waals surface area contributed by atoms with E-state index in [1.54, 1.807) is 0 Å². The van der Waals surface area contributed by atoms with Gasteiger partial charge in [0.15, 0.2) is 12.0 Å². The second-order valence-corrected chi connectivity index (χ2v) is 4.24. The van der Waals surface area contributed by atoms with Crippen LogP contribution in [0.25, 0.3) is 11.1 Å². The molecule has 0 fully saturated rings. The van der Waals surface area contributed by atoms with Gasteiger partial charge in [-0.15, -0.1) is 0 Å². The molecular weight excluding hydrogens is 216 g/mol. The first-order chi connectivity index (χ1) is 8.33. The average molecular weight is 234 g/mol. The third-order valence-corrected chi connectivity index (χ3v) is 2.99. The molecule has 1 atom stereocenters. The Labute approximate surface area is 101 Å². The molecule has 0 bridgehead atoms. The van der Waals surface area contributed by atoms with E-state index in [-0.39, 0.29) is 6.61 Å². The van der Waals surface area contributed by atoms with Gasteiger partial charge in [-0.1, -0.05) is 13.0 Å². The Kier molecular flexibility index (Phi) is 4.12. The van der Waals surface area contributed by atoms with Gasteiger partial charge in [0.2, 0.25) is 0 Å². The number of aliphatic hydroxyl groups is 1. The van der Waals surface area contributed by atoms with Crippen molar-refractivity contribution in [3.05, 3.63) is 30.2 Å². The molecule has 4 heteroatoms. The van der Waals surface area contributed by atoms with Gasteiger partial charge in [-0.3, -0.25) is 0 Å². The maximum atomic E-state index is 9.07. The van der Waals surface area contributed by atoms with Crippen molar-refractivity contribution >= 4 is 11.1 Å². The molecule has 92 valence electrons. The van der Waals surface area contributed by atoms with E-state index >= 15 is 0 Å². The highest BCUT2D eigenvalue weighted by molar-refractivity contribution is 5.72. The Hall–Kier alpha value is -1.39. The first-order valence-electron chi connectivity index (χ1n) is 5.97. The molecule has 4 nitrogen and oxygen atoms in total. The minimum absolute atomic E-state index is 0.241. The predicted octanol–water partition coefficient (Wildman–Crippen LogP) is 1.94. The second-order valence-electron chi connectivity index (χ2n) is 4.24. The van der Waals surface area contributed by atoms with E-state index < -0.39 is 0 Å². The van der Waals surface area contributed by atoms with Crippen molar-refractivity contribution in [2.75, 3.05) is 13.2 Å². The molecule has 0 spiro atoms. The number of nitrogens with zero attached hydrogens (tertiary/aromatic N) is 1. The van der Waals surface area contributed by atoms with Crippen LogP contribution < -0.4 is 5.32 Å². The number of fused-ring (bicyclic) bond motifs is 1. The molecule has 2 rings (SSSR count). The lowest BCUT2D eigenvalue weighted by atomic mass is 10.1. The van der Waals surface area contributed by atoms with Crippen molar-refractivity contribution < 1.29 is 9.52 Å². The van der Waals surface area contributed by atoms with Crippen LogP contribution in [0, 0.1) is 5.92 Å². The van der Waals surface area contributed by atoms with E-state index in [1.165, 1.54) is 12.0 Å². The molecular formula is C13H18N2O2. The lowest BCUT2D eigenvalue weighted by Crippen LogP contribution is -2.24. The summed E-state index contributed by atoms with van der Waals surface area (Å²) >= 11 is 0. The fraction of sp³-hybridized carbons (Fsp3) is 0.462. The average Bonchev–Trinajstić information content (AvgIpc) is 2.82. The molecule has 0 aliphatic heterocycles. The summed E-state index contributed by atoms with van der Waals surface area (Å²) in [6, 6.07) is 5.99. The van der Waals surface area contributed by atoms with Crippen LogP contribution in [0.5, 0.6) is 0 Å². The third kappa shape index (κ3) is 3.05. The molecule has 0 amide bonds. The van der Waals surface area contributed by atoms with Crippen LogP contribution in [0.2, 0.25) is 0 Å². The van der Waals surface area contributed by atoms with Gasteiger partial charge in [0.1, 0.15) is 5.52 Å². The number of aliphatic hydroxyl groups excluding tert-OH is 1. The molecule has 1 aromatic carbocycles. The maximum absolute atomic E-state index is 9.07. The minimum atomic E-state index is 0.241. The Balaban J connectivity index is 1.90. The van der Waals surface area contributed by atoms with E-state index in [9.17, 15) is 0 Å². The van der Waals surface area contributed by atoms with Gasteiger partial charge in [-0.2, -0.15) is 0 Å². The molecule has 1 aromatic heterocycles. The van der Waals surface area contributed by atoms with E-state index in [0.29, 0.717) is 5.92 Å². The predicted molar refractivity (Wildman–Crippen MR) is 66.6 cm³/mol. The molecule has 1 heterocycles. The van der Waals surface area contributed by atoms with Crippen molar-refractivity contribution in [2.24, 2.45) is 5.92 Å². The summed E-state index contributed by atoms with van der Waals surface area (Å²) in [4.78, 5) is 4.07. The topological polar surface area (TPSA) is 58.3 Å². The van der Waals surface area contributed by atoms with Gasteiger partial charge in [-0.05, 0) is 30.0 Å². The van der Waals surface area contributed by atoms with Crippen LogP contribution in [0.3, 0.4) is 0 Å². The van der Waals surface area contributed by atoms with Crippen molar-refractivity contribution in [2.45, 2.75) is 19.9 Å². The van der Waals surface area contributed by atoms with Crippen LogP contribution in [-0.4, -0.2) is 23.2 Å². The van der Waals surface area contributed by atoms with Crippen LogP contribution in [0.4, 0.5) is 0 Å². The molecule has 0 saturated heterocycles. The first-order valence-corrected chi connectivity index (χ1v) is 5.97. The quantitative estimate of drug-likeness (QED) is 0.802. The van der Waals surface area contributed by atoms with Crippen molar-refractivity contribution in [3.63, 3.8) is 0 Å². The smallest absolute Gasteiger partial charge is 0.181 e. The zero-order valence-electron chi connectivity index (χ0n) is 10.0. The molecule has 17 heavy (non-hydrogen) atoms. The molecule has 0 aliphatic rings.